The van der Waals surface area contributed by atoms with Gasteiger partial charge in [0.15, 0.2) is 0 Å². The van der Waals surface area contributed by atoms with Gasteiger partial charge in [-0.25, -0.2) is 9.59 Å². The Hall–Kier alpha value is -2.95. The van der Waals surface area contributed by atoms with Gasteiger partial charge in [-0.2, -0.15) is 0 Å². The predicted molar refractivity (Wildman–Crippen MR) is 101 cm³/mol. The van der Waals surface area contributed by atoms with Gasteiger partial charge in [0.25, 0.3) is 0 Å². The highest BCUT2D eigenvalue weighted by atomic mass is 16.6. The molecule has 0 N–H and O–H groups in total. The third-order valence-electron chi connectivity index (χ3n) is 4.08. The van der Waals surface area contributed by atoms with Gasteiger partial charge in [0.05, 0.1) is 5.56 Å². The summed E-state index contributed by atoms with van der Waals surface area (Å²) in [7, 11) is 0. The number of ether oxygens (including phenoxy) is 2. The number of unbranched alkanes of at least 4 members (excludes halogenated alkanes) is 1. The van der Waals surface area contributed by atoms with E-state index in [1.165, 1.54) is 0 Å². The monoisotopic (exact) mass is 368 g/mol. The first-order valence-corrected chi connectivity index (χ1v) is 9.15. The van der Waals surface area contributed by atoms with Crippen LogP contribution in [0.25, 0.3) is 0 Å². The first-order chi connectivity index (χ1) is 13.1. The number of hydrogen-bond donors (Lipinski definition) is 0. The van der Waals surface area contributed by atoms with Gasteiger partial charge in [0.2, 0.25) is 6.10 Å². The fourth-order valence-corrected chi connectivity index (χ4v) is 2.59. The molecule has 5 nitrogen and oxygen atoms in total. The number of hydrogen-bond acceptors (Lipinski definition) is 5. The summed E-state index contributed by atoms with van der Waals surface area (Å²) in [5.41, 5.74) is 1.74. The quantitative estimate of drug-likeness (QED) is 0.510. The van der Waals surface area contributed by atoms with Crippen molar-refractivity contribution in [2.45, 2.75) is 45.6 Å². The molecule has 2 rings (SSSR count). The third kappa shape index (κ3) is 5.78. The summed E-state index contributed by atoms with van der Waals surface area (Å²) in [6.07, 6.45) is 1.45. The van der Waals surface area contributed by atoms with Crippen LogP contribution in [0.2, 0.25) is 0 Å². The summed E-state index contributed by atoms with van der Waals surface area (Å²) in [5, 5.41) is 0. The van der Waals surface area contributed by atoms with E-state index in [1.54, 1.807) is 49.4 Å². The molecule has 0 aromatic heterocycles. The van der Waals surface area contributed by atoms with Crippen molar-refractivity contribution in [1.29, 1.82) is 0 Å². The van der Waals surface area contributed by atoms with Crippen molar-refractivity contribution < 1.29 is 23.9 Å². The first kappa shape index (κ1) is 20.4. The Kier molecular flexibility index (Phi) is 7.74. The van der Waals surface area contributed by atoms with E-state index in [4.69, 9.17) is 9.47 Å². The van der Waals surface area contributed by atoms with Crippen molar-refractivity contribution >= 4 is 17.9 Å². The molecule has 142 valence electrons. The minimum Gasteiger partial charge on any atom is -0.442 e. The summed E-state index contributed by atoms with van der Waals surface area (Å²) in [5.74, 6) is -2.18. The van der Waals surface area contributed by atoms with Crippen LogP contribution in [-0.4, -0.2) is 17.9 Å². The van der Waals surface area contributed by atoms with Crippen LogP contribution in [0.3, 0.4) is 0 Å². The van der Waals surface area contributed by atoms with E-state index >= 15 is 0 Å². The maximum absolute atomic E-state index is 12.8. The number of carbonyl (C=O) groups excluding carboxylic acids is 3. The molecule has 0 bridgehead atoms. The lowest BCUT2D eigenvalue weighted by Crippen LogP contribution is -2.24. The van der Waals surface area contributed by atoms with Gasteiger partial charge in [0, 0.05) is 12.0 Å². The molecule has 1 atom stereocenters. The van der Waals surface area contributed by atoms with Crippen molar-refractivity contribution in [3.63, 3.8) is 0 Å². The molecule has 0 heterocycles. The maximum atomic E-state index is 12.8. The van der Waals surface area contributed by atoms with Gasteiger partial charge in [-0.05, 0) is 24.5 Å². The van der Waals surface area contributed by atoms with E-state index in [-0.39, 0.29) is 6.42 Å². The van der Waals surface area contributed by atoms with E-state index < -0.39 is 24.0 Å². The zero-order valence-corrected chi connectivity index (χ0v) is 15.6. The summed E-state index contributed by atoms with van der Waals surface area (Å²) in [6, 6.07) is 15.7. The van der Waals surface area contributed by atoms with Gasteiger partial charge in [-0.3, -0.25) is 4.79 Å². The highest BCUT2D eigenvalue weighted by Crippen LogP contribution is 2.23. The molecule has 1 unspecified atom stereocenters. The highest BCUT2D eigenvalue weighted by molar-refractivity contribution is 5.94. The minimum atomic E-state index is -1.30. The molecule has 27 heavy (non-hydrogen) atoms. The van der Waals surface area contributed by atoms with Crippen LogP contribution in [-0.2, 0) is 25.5 Å². The van der Waals surface area contributed by atoms with Gasteiger partial charge in [-0.1, -0.05) is 68.8 Å². The van der Waals surface area contributed by atoms with Crippen LogP contribution >= 0.6 is 0 Å². The lowest BCUT2D eigenvalue weighted by atomic mass is 10.0. The van der Waals surface area contributed by atoms with Crippen molar-refractivity contribution in [3.8, 4) is 0 Å². The summed E-state index contributed by atoms with van der Waals surface area (Å²) < 4.78 is 10.3. The molecular formula is C22H24O5. The van der Waals surface area contributed by atoms with Crippen molar-refractivity contribution in [3.05, 3.63) is 71.3 Å². The van der Waals surface area contributed by atoms with Crippen LogP contribution in [0.1, 0.15) is 60.7 Å². The van der Waals surface area contributed by atoms with E-state index in [9.17, 15) is 14.4 Å². The second-order valence-corrected chi connectivity index (χ2v) is 6.10. The van der Waals surface area contributed by atoms with Crippen LogP contribution in [0, 0.1) is 0 Å². The number of esters is 3. The van der Waals surface area contributed by atoms with Crippen molar-refractivity contribution in [2.24, 2.45) is 0 Å². The molecule has 0 aliphatic heterocycles. The van der Waals surface area contributed by atoms with Gasteiger partial charge < -0.3 is 9.47 Å². The Balaban J connectivity index is 2.26. The van der Waals surface area contributed by atoms with Crippen LogP contribution in [0.4, 0.5) is 0 Å². The van der Waals surface area contributed by atoms with E-state index in [0.717, 1.165) is 24.8 Å². The topological polar surface area (TPSA) is 69.7 Å². The molecule has 0 saturated carbocycles. The SMILES string of the molecule is CCCCc1ccccc1C(=O)OC(C(=O)OC(=O)CC)c1ccccc1. The smallest absolute Gasteiger partial charge is 0.359 e. The zero-order chi connectivity index (χ0) is 19.6. The maximum Gasteiger partial charge on any atom is 0.359 e. The molecule has 2 aromatic rings. The molecule has 0 amide bonds. The Bertz CT molecular complexity index is 782. The van der Waals surface area contributed by atoms with Crippen LogP contribution < -0.4 is 0 Å². The zero-order valence-electron chi connectivity index (χ0n) is 15.6. The van der Waals surface area contributed by atoms with Gasteiger partial charge in [-0.15, -0.1) is 0 Å². The number of rotatable bonds is 8. The molecule has 0 aliphatic carbocycles. The average Bonchev–Trinajstić information content (AvgIpc) is 2.70. The Morgan fingerprint density at radius 1 is 0.926 bits per heavy atom. The van der Waals surface area contributed by atoms with Crippen molar-refractivity contribution in [1.82, 2.24) is 0 Å². The number of benzene rings is 2. The number of carbonyl (C=O) groups is 3. The summed E-state index contributed by atoms with van der Waals surface area (Å²) >= 11 is 0. The molecule has 2 aromatic carbocycles. The Morgan fingerprint density at radius 2 is 1.59 bits per heavy atom. The molecule has 0 fully saturated rings. The first-order valence-electron chi connectivity index (χ1n) is 9.15. The normalized spacial score (nSPS) is 11.5. The molecule has 5 heteroatoms. The number of aryl methyl sites for hydroxylation is 1. The van der Waals surface area contributed by atoms with Gasteiger partial charge >= 0.3 is 17.9 Å². The fourth-order valence-electron chi connectivity index (χ4n) is 2.59. The van der Waals surface area contributed by atoms with E-state index in [0.29, 0.717) is 11.1 Å². The molecule has 0 saturated heterocycles. The lowest BCUT2D eigenvalue weighted by Gasteiger charge is -2.17. The Morgan fingerprint density at radius 3 is 2.26 bits per heavy atom. The summed E-state index contributed by atoms with van der Waals surface area (Å²) in [6.45, 7) is 3.66. The second kappa shape index (κ2) is 10.3. The van der Waals surface area contributed by atoms with E-state index in [2.05, 4.69) is 6.92 Å². The summed E-state index contributed by atoms with van der Waals surface area (Å²) in [4.78, 5) is 36.7. The molecule has 0 radical (unpaired) electrons. The van der Waals surface area contributed by atoms with Crippen LogP contribution in [0.5, 0.6) is 0 Å². The molecule has 0 aliphatic rings. The van der Waals surface area contributed by atoms with Crippen molar-refractivity contribution in [2.75, 3.05) is 0 Å². The van der Waals surface area contributed by atoms with Crippen LogP contribution in [0.15, 0.2) is 54.6 Å². The molecular weight excluding hydrogens is 344 g/mol. The average molecular weight is 368 g/mol. The van der Waals surface area contributed by atoms with Gasteiger partial charge in [0.1, 0.15) is 0 Å². The Labute approximate surface area is 159 Å². The van der Waals surface area contributed by atoms with E-state index in [1.807, 2.05) is 12.1 Å². The second-order valence-electron chi connectivity index (χ2n) is 6.10. The minimum absolute atomic E-state index is 0.0566. The standard InChI is InChI=1S/C22H24O5/c1-3-5-11-16-12-9-10-15-18(16)21(24)27-20(17-13-7-6-8-14-17)22(25)26-19(23)4-2/h6-10,12-15,20H,3-5,11H2,1-2H3. The third-order valence-corrected chi connectivity index (χ3v) is 4.08. The lowest BCUT2D eigenvalue weighted by molar-refractivity contribution is -0.166. The largest absolute Gasteiger partial charge is 0.442 e. The predicted octanol–water partition coefficient (Wildman–Crippen LogP) is 4.41. The highest BCUT2D eigenvalue weighted by Gasteiger charge is 2.29. The molecule has 0 spiro atoms. The fraction of sp³-hybridized carbons (Fsp3) is 0.318.